The number of hydrogen-bond acceptors (Lipinski definition) is 5. The van der Waals surface area contributed by atoms with Crippen LogP contribution >= 0.6 is 0 Å². The van der Waals surface area contributed by atoms with Gasteiger partial charge in [0.15, 0.2) is 12.0 Å². The van der Waals surface area contributed by atoms with E-state index in [1.807, 2.05) is 0 Å². The van der Waals surface area contributed by atoms with Crippen molar-refractivity contribution >= 4 is 12.0 Å². The van der Waals surface area contributed by atoms with Crippen molar-refractivity contribution in [2.75, 3.05) is 5.73 Å². The summed E-state index contributed by atoms with van der Waals surface area (Å²) in [4.78, 5) is 10.8. The third kappa shape index (κ3) is 3.45. The predicted octanol–water partition coefficient (Wildman–Crippen LogP) is 5.16. The average molecular weight is 445 g/mol. The number of aldehydes is 1. The van der Waals surface area contributed by atoms with E-state index in [0.717, 1.165) is 12.1 Å². The van der Waals surface area contributed by atoms with Crippen LogP contribution in [0.15, 0.2) is 52.9 Å². The number of nitrogen functional groups attached to an aromatic ring is 1. The van der Waals surface area contributed by atoms with Crippen molar-refractivity contribution in [2.45, 2.75) is 17.8 Å². The molecule has 0 fully saturated rings. The highest BCUT2D eigenvalue weighted by molar-refractivity contribution is 5.75. The van der Waals surface area contributed by atoms with Crippen LogP contribution in [0.2, 0.25) is 0 Å². The maximum absolute atomic E-state index is 14.2. The molecule has 3 rings (SSSR count). The summed E-state index contributed by atoms with van der Waals surface area (Å²) >= 11 is 0. The number of hydrogen-bond donors (Lipinski definition) is 3. The molecule has 0 aliphatic rings. The maximum Gasteiger partial charge on any atom is 0.411 e. The summed E-state index contributed by atoms with van der Waals surface area (Å²) in [5.41, 5.74) is -2.92. The van der Waals surface area contributed by atoms with E-state index in [1.54, 1.807) is 0 Å². The number of phenolic OH excluding ortho intramolecular Hbond substituents is 2. The average Bonchev–Trinajstić information content (AvgIpc) is 3.13. The summed E-state index contributed by atoms with van der Waals surface area (Å²) in [5.74, 6) is -1.92. The highest BCUT2D eigenvalue weighted by atomic mass is 19.4. The Kier molecular flexibility index (Phi) is 5.16. The van der Waals surface area contributed by atoms with E-state index in [0.29, 0.717) is 36.4 Å². The molecule has 11 heteroatoms. The molecule has 5 nitrogen and oxygen atoms in total. The van der Waals surface area contributed by atoms with Gasteiger partial charge in [0.25, 0.3) is 0 Å². The van der Waals surface area contributed by atoms with Crippen molar-refractivity contribution < 1.29 is 45.8 Å². The molecule has 4 N–H and O–H groups in total. The Morgan fingerprint density at radius 3 is 1.84 bits per heavy atom. The number of halogens is 6. The van der Waals surface area contributed by atoms with Gasteiger partial charge in [0.2, 0.25) is 5.41 Å². The minimum atomic E-state index is -5.90. The molecule has 0 radical (unpaired) electrons. The highest BCUT2D eigenvalue weighted by Gasteiger charge is 2.72. The van der Waals surface area contributed by atoms with Crippen LogP contribution in [-0.4, -0.2) is 28.9 Å². The molecule has 3 aromatic rings. The smallest absolute Gasteiger partial charge is 0.411 e. The second kappa shape index (κ2) is 7.25. The molecule has 0 spiro atoms. The van der Waals surface area contributed by atoms with E-state index in [9.17, 15) is 41.4 Å². The Balaban J connectivity index is 2.39. The van der Waals surface area contributed by atoms with Crippen LogP contribution in [0.3, 0.4) is 0 Å². The van der Waals surface area contributed by atoms with Crippen LogP contribution in [-0.2, 0) is 5.41 Å². The molecule has 0 unspecified atom stereocenters. The topological polar surface area (TPSA) is 96.7 Å². The molecule has 0 bridgehead atoms. The molecule has 0 amide bonds. The van der Waals surface area contributed by atoms with Gasteiger partial charge >= 0.3 is 12.4 Å². The minimum Gasteiger partial charge on any atom is -0.507 e. The fraction of sp³-hybridized carbons (Fsp3) is 0.150. The molecule has 1 aromatic heterocycles. The van der Waals surface area contributed by atoms with Gasteiger partial charge in [0.1, 0.15) is 17.3 Å². The molecule has 0 aliphatic carbocycles. The van der Waals surface area contributed by atoms with Gasteiger partial charge < -0.3 is 20.4 Å². The monoisotopic (exact) mass is 445 g/mol. The van der Waals surface area contributed by atoms with Crippen LogP contribution in [0.5, 0.6) is 11.5 Å². The van der Waals surface area contributed by atoms with Crippen LogP contribution < -0.4 is 5.73 Å². The Morgan fingerprint density at radius 1 is 0.806 bits per heavy atom. The number of phenols is 2. The Morgan fingerprint density at radius 2 is 1.35 bits per heavy atom. The summed E-state index contributed by atoms with van der Waals surface area (Å²) in [6.07, 6.45) is -11.5. The van der Waals surface area contributed by atoms with Crippen LogP contribution in [0.4, 0.5) is 32.0 Å². The Labute approximate surface area is 170 Å². The molecule has 164 valence electrons. The Bertz CT molecular complexity index is 1120. The lowest BCUT2D eigenvalue weighted by Gasteiger charge is -2.38. The fourth-order valence-electron chi connectivity index (χ4n) is 3.30. The summed E-state index contributed by atoms with van der Waals surface area (Å²) in [5, 5.41) is 19.5. The van der Waals surface area contributed by atoms with Crippen molar-refractivity contribution in [2.24, 2.45) is 0 Å². The Hall–Kier alpha value is -3.63. The molecule has 2 aromatic carbocycles. The van der Waals surface area contributed by atoms with E-state index >= 15 is 0 Å². The van der Waals surface area contributed by atoms with Gasteiger partial charge in [-0.25, -0.2) is 0 Å². The van der Waals surface area contributed by atoms with Crippen LogP contribution in [0.1, 0.15) is 21.7 Å². The van der Waals surface area contributed by atoms with Gasteiger partial charge in [0, 0.05) is 0 Å². The predicted molar refractivity (Wildman–Crippen MR) is 96.6 cm³/mol. The summed E-state index contributed by atoms with van der Waals surface area (Å²) < 4.78 is 90.3. The molecule has 0 saturated carbocycles. The zero-order valence-corrected chi connectivity index (χ0v) is 15.3. The van der Waals surface area contributed by atoms with Crippen molar-refractivity contribution in [1.82, 2.24) is 0 Å². The van der Waals surface area contributed by atoms with Crippen LogP contribution in [0, 0.1) is 0 Å². The lowest BCUT2D eigenvalue weighted by atomic mass is 9.72. The van der Waals surface area contributed by atoms with Gasteiger partial charge in [-0.3, -0.25) is 4.79 Å². The maximum atomic E-state index is 14.2. The SMILES string of the molecule is Nc1cc(C(c2ccc(O)c(-c3ccc(C=O)o3)c2)(C(F)(F)F)C(F)(F)F)ccc1O. The van der Waals surface area contributed by atoms with Gasteiger partial charge in [-0.15, -0.1) is 0 Å². The number of aromatic hydroxyl groups is 2. The molecular weight excluding hydrogens is 432 g/mol. The van der Waals surface area contributed by atoms with E-state index < -0.39 is 51.6 Å². The summed E-state index contributed by atoms with van der Waals surface area (Å²) in [6, 6.07) is 5.35. The number of anilines is 1. The number of carbonyl (C=O) groups excluding carboxylic acids is 1. The number of furan rings is 1. The first-order chi connectivity index (χ1) is 14.3. The van der Waals surface area contributed by atoms with Crippen LogP contribution in [0.25, 0.3) is 11.3 Å². The van der Waals surface area contributed by atoms with Gasteiger partial charge in [0.05, 0.1) is 11.3 Å². The minimum absolute atomic E-state index is 0.246. The summed E-state index contributed by atoms with van der Waals surface area (Å²) in [6.45, 7) is 0. The van der Waals surface area contributed by atoms with Gasteiger partial charge in [-0.1, -0.05) is 12.1 Å². The molecule has 0 aliphatic heterocycles. The normalized spacial score (nSPS) is 12.7. The number of carbonyl (C=O) groups is 1. The van der Waals surface area contributed by atoms with Gasteiger partial charge in [-0.05, 0) is 47.5 Å². The quantitative estimate of drug-likeness (QED) is 0.223. The third-order valence-corrected chi connectivity index (χ3v) is 4.75. The molecule has 0 saturated heterocycles. The first-order valence-corrected chi connectivity index (χ1v) is 8.44. The fourth-order valence-corrected chi connectivity index (χ4v) is 3.30. The zero-order chi connectivity index (χ0) is 23.2. The highest BCUT2D eigenvalue weighted by Crippen LogP contribution is 2.57. The number of alkyl halides is 6. The third-order valence-electron chi connectivity index (χ3n) is 4.75. The van der Waals surface area contributed by atoms with E-state index in [-0.39, 0.29) is 17.8 Å². The van der Waals surface area contributed by atoms with Gasteiger partial charge in [-0.2, -0.15) is 26.3 Å². The van der Waals surface area contributed by atoms with Crippen molar-refractivity contribution in [3.63, 3.8) is 0 Å². The second-order valence-corrected chi connectivity index (χ2v) is 6.57. The standard InChI is InChI=1S/C20H13F6NO4/c21-19(22,23)18(20(24,25)26,11-2-5-16(30)14(27)8-11)10-1-4-15(29)13(7-10)17-6-3-12(9-28)31-17/h1-9,29-30H,27H2. The largest absolute Gasteiger partial charge is 0.507 e. The van der Waals surface area contributed by atoms with E-state index in [4.69, 9.17) is 10.2 Å². The lowest BCUT2D eigenvalue weighted by molar-refractivity contribution is -0.288. The first-order valence-electron chi connectivity index (χ1n) is 8.44. The number of nitrogens with two attached hydrogens (primary N) is 1. The van der Waals surface area contributed by atoms with E-state index in [2.05, 4.69) is 0 Å². The summed E-state index contributed by atoms with van der Waals surface area (Å²) in [7, 11) is 0. The zero-order valence-electron chi connectivity index (χ0n) is 15.3. The molecule has 31 heavy (non-hydrogen) atoms. The molecule has 0 atom stereocenters. The first kappa shape index (κ1) is 22.1. The van der Waals surface area contributed by atoms with E-state index in [1.165, 1.54) is 0 Å². The number of benzene rings is 2. The van der Waals surface area contributed by atoms with Crippen molar-refractivity contribution in [1.29, 1.82) is 0 Å². The lowest BCUT2D eigenvalue weighted by Crippen LogP contribution is -2.54. The van der Waals surface area contributed by atoms with Crippen molar-refractivity contribution in [3.8, 4) is 22.8 Å². The number of rotatable bonds is 4. The van der Waals surface area contributed by atoms with Crippen molar-refractivity contribution in [3.05, 3.63) is 65.4 Å². The molecular formula is C20H13F6NO4. The molecule has 1 heterocycles. The second-order valence-electron chi connectivity index (χ2n) is 6.57.